The molecule has 1 amide bonds. The summed E-state index contributed by atoms with van der Waals surface area (Å²) in [4.78, 5) is 14.3. The van der Waals surface area contributed by atoms with Crippen molar-refractivity contribution in [3.05, 3.63) is 54.3 Å². The fourth-order valence-electron chi connectivity index (χ4n) is 2.32. The summed E-state index contributed by atoms with van der Waals surface area (Å²) in [6.07, 6.45) is 0. The number of fused-ring (bicyclic) bond motifs is 1. The highest BCUT2D eigenvalue weighted by Crippen LogP contribution is 2.28. The number of anilines is 3. The molecule has 0 unspecified atom stereocenters. The molecule has 1 aromatic heterocycles. The zero-order valence-corrected chi connectivity index (χ0v) is 12.5. The summed E-state index contributed by atoms with van der Waals surface area (Å²) < 4.78 is 5.58. The SMILES string of the molecule is CN(C)c1ccc(N)cc1NC(=O)c1cc2ccccc2o1. The minimum Gasteiger partial charge on any atom is -0.451 e. The first kappa shape index (κ1) is 14.0. The van der Waals surface area contributed by atoms with Gasteiger partial charge in [-0.15, -0.1) is 0 Å². The molecule has 0 bridgehead atoms. The molecule has 0 atom stereocenters. The molecule has 3 N–H and O–H groups in total. The van der Waals surface area contributed by atoms with Gasteiger partial charge >= 0.3 is 0 Å². The lowest BCUT2D eigenvalue weighted by molar-refractivity contribution is 0.0999. The van der Waals surface area contributed by atoms with Gasteiger partial charge in [0.05, 0.1) is 11.4 Å². The predicted molar refractivity (Wildman–Crippen MR) is 89.3 cm³/mol. The number of nitrogens with zero attached hydrogens (tertiary/aromatic N) is 1. The molecule has 0 aliphatic heterocycles. The number of amides is 1. The Morgan fingerprint density at radius 2 is 1.91 bits per heavy atom. The Morgan fingerprint density at radius 3 is 2.64 bits per heavy atom. The van der Waals surface area contributed by atoms with Crippen LogP contribution in [0.5, 0.6) is 0 Å². The predicted octanol–water partition coefficient (Wildman–Crippen LogP) is 3.33. The van der Waals surface area contributed by atoms with Gasteiger partial charge in [-0.3, -0.25) is 4.79 Å². The molecule has 112 valence electrons. The largest absolute Gasteiger partial charge is 0.451 e. The van der Waals surface area contributed by atoms with Crippen LogP contribution >= 0.6 is 0 Å². The van der Waals surface area contributed by atoms with Crippen LogP contribution in [0.1, 0.15) is 10.6 Å². The molecule has 0 saturated carbocycles. The summed E-state index contributed by atoms with van der Waals surface area (Å²) in [6, 6.07) is 14.6. The van der Waals surface area contributed by atoms with Crippen molar-refractivity contribution >= 4 is 33.9 Å². The topological polar surface area (TPSA) is 71.5 Å². The number of carbonyl (C=O) groups excluding carboxylic acids is 1. The van der Waals surface area contributed by atoms with Crippen LogP contribution in [0, 0.1) is 0 Å². The molecule has 0 saturated heterocycles. The van der Waals surface area contributed by atoms with Gasteiger partial charge in [-0.1, -0.05) is 18.2 Å². The highest BCUT2D eigenvalue weighted by molar-refractivity contribution is 6.06. The van der Waals surface area contributed by atoms with Crippen molar-refractivity contribution < 1.29 is 9.21 Å². The number of rotatable bonds is 3. The van der Waals surface area contributed by atoms with E-state index in [0.717, 1.165) is 11.1 Å². The summed E-state index contributed by atoms with van der Waals surface area (Å²) in [5, 5.41) is 3.75. The molecule has 0 aliphatic rings. The molecule has 0 radical (unpaired) electrons. The number of nitrogens with one attached hydrogen (secondary N) is 1. The first-order valence-corrected chi connectivity index (χ1v) is 6.91. The third kappa shape index (κ3) is 2.61. The number of hydrogen-bond donors (Lipinski definition) is 2. The lowest BCUT2D eigenvalue weighted by Crippen LogP contribution is -2.16. The van der Waals surface area contributed by atoms with Crippen LogP contribution in [-0.4, -0.2) is 20.0 Å². The van der Waals surface area contributed by atoms with Crippen molar-refractivity contribution in [3.8, 4) is 0 Å². The number of nitrogen functional groups attached to an aromatic ring is 1. The lowest BCUT2D eigenvalue weighted by Gasteiger charge is -2.18. The molecular formula is C17H17N3O2. The van der Waals surface area contributed by atoms with E-state index in [2.05, 4.69) is 5.32 Å². The normalized spacial score (nSPS) is 10.6. The summed E-state index contributed by atoms with van der Waals surface area (Å²) >= 11 is 0. The summed E-state index contributed by atoms with van der Waals surface area (Å²) in [6.45, 7) is 0. The van der Waals surface area contributed by atoms with E-state index in [1.54, 1.807) is 18.2 Å². The fourth-order valence-corrected chi connectivity index (χ4v) is 2.32. The van der Waals surface area contributed by atoms with Crippen molar-refractivity contribution in [2.24, 2.45) is 0 Å². The van der Waals surface area contributed by atoms with E-state index in [9.17, 15) is 4.79 Å². The number of carbonyl (C=O) groups is 1. The smallest absolute Gasteiger partial charge is 0.291 e. The molecule has 2 aromatic carbocycles. The van der Waals surface area contributed by atoms with Crippen LogP contribution in [0.3, 0.4) is 0 Å². The lowest BCUT2D eigenvalue weighted by atomic mass is 10.2. The van der Waals surface area contributed by atoms with Gasteiger partial charge in [0.25, 0.3) is 5.91 Å². The minimum atomic E-state index is -0.301. The van der Waals surface area contributed by atoms with Crippen molar-refractivity contribution in [2.45, 2.75) is 0 Å². The Balaban J connectivity index is 1.92. The van der Waals surface area contributed by atoms with Crippen LogP contribution in [0.4, 0.5) is 17.1 Å². The Hall–Kier alpha value is -2.95. The van der Waals surface area contributed by atoms with Gasteiger partial charge in [0, 0.05) is 25.2 Å². The standard InChI is InChI=1S/C17H17N3O2/c1-20(2)14-8-7-12(18)10-13(14)19-17(21)16-9-11-5-3-4-6-15(11)22-16/h3-10H,18H2,1-2H3,(H,19,21). The van der Waals surface area contributed by atoms with E-state index in [0.29, 0.717) is 17.0 Å². The highest BCUT2D eigenvalue weighted by atomic mass is 16.3. The van der Waals surface area contributed by atoms with E-state index >= 15 is 0 Å². The molecule has 22 heavy (non-hydrogen) atoms. The van der Waals surface area contributed by atoms with Crippen molar-refractivity contribution in [3.63, 3.8) is 0 Å². The molecule has 0 fully saturated rings. The van der Waals surface area contributed by atoms with E-state index < -0.39 is 0 Å². The quantitative estimate of drug-likeness (QED) is 0.727. The first-order valence-electron chi connectivity index (χ1n) is 6.91. The maximum atomic E-state index is 12.4. The second-order valence-electron chi connectivity index (χ2n) is 5.27. The van der Waals surface area contributed by atoms with Crippen LogP contribution < -0.4 is 16.0 Å². The molecular weight excluding hydrogens is 278 g/mol. The third-order valence-corrected chi connectivity index (χ3v) is 3.40. The zero-order valence-electron chi connectivity index (χ0n) is 12.5. The maximum Gasteiger partial charge on any atom is 0.291 e. The van der Waals surface area contributed by atoms with Gasteiger partial charge in [0.1, 0.15) is 5.58 Å². The van der Waals surface area contributed by atoms with Crippen LogP contribution in [0.15, 0.2) is 52.9 Å². The summed E-state index contributed by atoms with van der Waals surface area (Å²) in [5.41, 5.74) is 8.61. The van der Waals surface area contributed by atoms with Gasteiger partial charge < -0.3 is 20.4 Å². The second kappa shape index (κ2) is 5.44. The number of nitrogens with two attached hydrogens (primary N) is 1. The first-order chi connectivity index (χ1) is 10.5. The molecule has 1 heterocycles. The maximum absolute atomic E-state index is 12.4. The Kier molecular flexibility index (Phi) is 3.47. The average Bonchev–Trinajstić information content (AvgIpc) is 2.91. The van der Waals surface area contributed by atoms with E-state index in [1.165, 1.54) is 0 Å². The second-order valence-corrected chi connectivity index (χ2v) is 5.27. The average molecular weight is 295 g/mol. The number of furan rings is 1. The van der Waals surface area contributed by atoms with Crippen LogP contribution in [-0.2, 0) is 0 Å². The van der Waals surface area contributed by atoms with Gasteiger partial charge in [-0.05, 0) is 30.3 Å². The minimum absolute atomic E-state index is 0.272. The molecule has 0 spiro atoms. The van der Waals surface area contributed by atoms with Crippen LogP contribution in [0.25, 0.3) is 11.0 Å². The molecule has 5 heteroatoms. The van der Waals surface area contributed by atoms with Gasteiger partial charge in [0.15, 0.2) is 5.76 Å². The molecule has 5 nitrogen and oxygen atoms in total. The van der Waals surface area contributed by atoms with Crippen molar-refractivity contribution in [2.75, 3.05) is 30.0 Å². The molecule has 0 aliphatic carbocycles. The van der Waals surface area contributed by atoms with Crippen molar-refractivity contribution in [1.29, 1.82) is 0 Å². The summed E-state index contributed by atoms with van der Waals surface area (Å²) in [7, 11) is 3.81. The summed E-state index contributed by atoms with van der Waals surface area (Å²) in [5.74, 6) is -0.0294. The molecule has 3 aromatic rings. The van der Waals surface area contributed by atoms with Crippen molar-refractivity contribution in [1.82, 2.24) is 0 Å². The monoisotopic (exact) mass is 295 g/mol. The Labute approximate surface area is 128 Å². The van der Waals surface area contributed by atoms with E-state index in [4.69, 9.17) is 10.2 Å². The van der Waals surface area contributed by atoms with Crippen LogP contribution in [0.2, 0.25) is 0 Å². The molecule has 3 rings (SSSR count). The van der Waals surface area contributed by atoms with Gasteiger partial charge in [-0.2, -0.15) is 0 Å². The zero-order chi connectivity index (χ0) is 15.7. The van der Waals surface area contributed by atoms with E-state index in [1.807, 2.05) is 49.3 Å². The van der Waals surface area contributed by atoms with Gasteiger partial charge in [0.2, 0.25) is 0 Å². The van der Waals surface area contributed by atoms with Gasteiger partial charge in [-0.25, -0.2) is 0 Å². The fraction of sp³-hybridized carbons (Fsp3) is 0.118. The Morgan fingerprint density at radius 1 is 1.14 bits per heavy atom. The number of hydrogen-bond acceptors (Lipinski definition) is 4. The Bertz CT molecular complexity index is 804. The van der Waals surface area contributed by atoms with E-state index in [-0.39, 0.29) is 11.7 Å². The third-order valence-electron chi connectivity index (χ3n) is 3.40. The number of benzene rings is 2. The number of para-hydroxylation sites is 1. The highest BCUT2D eigenvalue weighted by Gasteiger charge is 2.15.